The molecule has 1 aromatic rings. The molecule has 1 aliphatic rings. The fraction of sp³-hybridized carbons (Fsp3) is 0.533. The maximum absolute atomic E-state index is 12.0. The van der Waals surface area contributed by atoms with Gasteiger partial charge in [0.15, 0.2) is 19.0 Å². The minimum Gasteiger partial charge on any atom is -0.388 e. The van der Waals surface area contributed by atoms with E-state index in [1.54, 1.807) is 34.0 Å². The molecule has 2 heterocycles. The summed E-state index contributed by atoms with van der Waals surface area (Å²) in [7, 11) is 0. The Balaban J connectivity index is 1.82. The van der Waals surface area contributed by atoms with Crippen LogP contribution in [0.1, 0.15) is 29.6 Å². The van der Waals surface area contributed by atoms with E-state index in [1.165, 1.54) is 5.34 Å². The molecule has 24 heavy (non-hydrogen) atoms. The summed E-state index contributed by atoms with van der Waals surface area (Å²) >= 11 is 0. The highest BCUT2D eigenvalue weighted by Gasteiger charge is 2.19. The molecule has 0 bridgehead atoms. The Morgan fingerprint density at radius 2 is 2.08 bits per heavy atom. The summed E-state index contributed by atoms with van der Waals surface area (Å²) in [6, 6.07) is 3.34. The number of aromatic nitrogens is 1. The van der Waals surface area contributed by atoms with Crippen LogP contribution < -0.4 is 15.2 Å². The van der Waals surface area contributed by atoms with E-state index < -0.39 is 0 Å². The summed E-state index contributed by atoms with van der Waals surface area (Å²) in [5, 5.41) is 3.89. The fourth-order valence-electron chi connectivity index (χ4n) is 2.39. The van der Waals surface area contributed by atoms with E-state index in [0.717, 1.165) is 32.4 Å². The predicted octanol–water partition coefficient (Wildman–Crippen LogP) is -0.937. The first-order valence-electron chi connectivity index (χ1n) is 7.88. The monoisotopic (exact) mass is 338 g/mol. The fourth-order valence-corrected chi connectivity index (χ4v) is 2.39. The molecule has 0 unspecified atom stereocenters. The molecule has 130 valence electrons. The standard InChI is InChI=1S/C15H21N4O5/c20-14(16-6-10-24-17-22)13-5-4-7-18(11-13)12-23-15(21)19-8-2-1-3-9-19/h4-5,7,11,17H,1-3,6,8-10,12H2/q+1/p+1. The molecule has 0 aromatic carbocycles. The molecule has 1 aliphatic heterocycles. The average molecular weight is 338 g/mol. The smallest absolute Gasteiger partial charge is 0.388 e. The van der Waals surface area contributed by atoms with Crippen LogP contribution in [0.15, 0.2) is 24.5 Å². The number of carbonyl (C=O) groups is 2. The van der Waals surface area contributed by atoms with E-state index in [-0.39, 0.29) is 31.9 Å². The number of rotatable bonds is 7. The second-order valence-electron chi connectivity index (χ2n) is 5.38. The second kappa shape index (κ2) is 9.43. The number of pyridine rings is 1. The number of piperidine rings is 1. The molecular weight excluding hydrogens is 316 g/mol. The van der Waals surface area contributed by atoms with Crippen LogP contribution in [-0.2, 0) is 16.3 Å². The summed E-state index contributed by atoms with van der Waals surface area (Å²) in [6.07, 6.45) is 6.12. The molecule has 1 fully saturated rings. The number of ether oxygens (including phenoxy) is 1. The summed E-state index contributed by atoms with van der Waals surface area (Å²) in [6.45, 7) is 1.76. The Morgan fingerprint density at radius 1 is 1.29 bits per heavy atom. The summed E-state index contributed by atoms with van der Waals surface area (Å²) in [4.78, 5) is 39.9. The minimum absolute atomic E-state index is 0.0413. The van der Waals surface area contributed by atoms with Crippen molar-refractivity contribution in [3.8, 4) is 0 Å². The number of nitrogens with one attached hydrogen (secondary N) is 2. The number of hydrogen-bond donors (Lipinski definition) is 2. The molecule has 2 amide bonds. The topological polar surface area (TPSA) is 103 Å². The van der Waals surface area contributed by atoms with E-state index in [9.17, 15) is 14.5 Å². The molecule has 2 rings (SSSR count). The molecule has 0 spiro atoms. The average Bonchev–Trinajstić information content (AvgIpc) is 2.64. The van der Waals surface area contributed by atoms with Crippen LogP contribution in [0.5, 0.6) is 0 Å². The van der Waals surface area contributed by atoms with Crippen molar-refractivity contribution in [1.29, 1.82) is 0 Å². The largest absolute Gasteiger partial charge is 0.414 e. The van der Waals surface area contributed by atoms with E-state index >= 15 is 0 Å². The molecule has 0 saturated carbocycles. The van der Waals surface area contributed by atoms with Crippen LogP contribution in [-0.4, -0.2) is 43.1 Å². The molecule has 0 atom stereocenters. The third kappa shape index (κ3) is 5.49. The van der Waals surface area contributed by atoms with E-state index in [1.807, 2.05) is 0 Å². The van der Waals surface area contributed by atoms with Crippen molar-refractivity contribution >= 4 is 12.0 Å². The van der Waals surface area contributed by atoms with Gasteiger partial charge in [0.25, 0.3) is 12.6 Å². The number of likely N-dealkylation sites (tertiary alicyclic amines) is 1. The minimum atomic E-state index is -0.334. The van der Waals surface area contributed by atoms with Gasteiger partial charge in [0.2, 0.25) is 5.34 Å². The maximum Gasteiger partial charge on any atom is 0.414 e. The lowest BCUT2D eigenvalue weighted by Crippen LogP contribution is -2.63. The van der Waals surface area contributed by atoms with Gasteiger partial charge < -0.3 is 15.0 Å². The number of hydrogen-bond acceptors (Lipinski definition) is 5. The first-order chi connectivity index (χ1) is 11.7. The first-order valence-corrected chi connectivity index (χ1v) is 7.88. The zero-order valence-corrected chi connectivity index (χ0v) is 13.4. The highest BCUT2D eigenvalue weighted by atomic mass is 16.7. The van der Waals surface area contributed by atoms with Gasteiger partial charge in [-0.1, -0.05) is 0 Å². The van der Waals surface area contributed by atoms with Crippen LogP contribution in [0.4, 0.5) is 4.79 Å². The third-order valence-electron chi connectivity index (χ3n) is 3.62. The molecule has 9 nitrogen and oxygen atoms in total. The van der Waals surface area contributed by atoms with Gasteiger partial charge >= 0.3 is 6.09 Å². The molecule has 9 heteroatoms. The third-order valence-corrected chi connectivity index (χ3v) is 3.62. The summed E-state index contributed by atoms with van der Waals surface area (Å²) < 4.78 is 6.89. The lowest BCUT2D eigenvalue weighted by molar-refractivity contribution is -0.769. The lowest BCUT2D eigenvalue weighted by atomic mass is 10.1. The molecule has 1 saturated heterocycles. The van der Waals surface area contributed by atoms with Gasteiger partial charge in [-0.3, -0.25) is 4.79 Å². The van der Waals surface area contributed by atoms with Crippen molar-refractivity contribution in [3.63, 3.8) is 0 Å². The van der Waals surface area contributed by atoms with Crippen LogP contribution >= 0.6 is 0 Å². The van der Waals surface area contributed by atoms with Crippen molar-refractivity contribution in [2.45, 2.75) is 26.0 Å². The van der Waals surface area contributed by atoms with Gasteiger partial charge in [0, 0.05) is 19.2 Å². The quantitative estimate of drug-likeness (QED) is 0.380. The van der Waals surface area contributed by atoms with Crippen molar-refractivity contribution < 1.29 is 29.1 Å². The predicted molar refractivity (Wildman–Crippen MR) is 81.2 cm³/mol. The lowest BCUT2D eigenvalue weighted by Gasteiger charge is -2.25. The van der Waals surface area contributed by atoms with Gasteiger partial charge in [-0.15, -0.1) is 0 Å². The zero-order valence-electron chi connectivity index (χ0n) is 13.4. The molecular formula is C15H22N4O5+2. The van der Waals surface area contributed by atoms with Crippen LogP contribution in [0.25, 0.3) is 0 Å². The zero-order chi connectivity index (χ0) is 17.2. The van der Waals surface area contributed by atoms with E-state index in [0.29, 0.717) is 5.56 Å². The molecule has 2 N–H and O–H groups in total. The molecule has 0 aliphatic carbocycles. The normalized spacial score (nSPS) is 13.9. The van der Waals surface area contributed by atoms with Crippen molar-refractivity contribution in [3.05, 3.63) is 35.0 Å². The Bertz CT molecular complexity index is 575. The summed E-state index contributed by atoms with van der Waals surface area (Å²) in [5.74, 6) is -0.304. The number of carbonyl (C=O) groups excluding carboxylic acids is 2. The van der Waals surface area contributed by atoms with Crippen LogP contribution in [0, 0.1) is 4.91 Å². The SMILES string of the molecule is O=[NH+]OCCNC(=O)c1ccc[n+](COC(=O)N2CCCCC2)c1. The van der Waals surface area contributed by atoms with Crippen molar-refractivity contribution in [2.75, 3.05) is 26.2 Å². The first kappa shape index (κ1) is 17.6. The van der Waals surface area contributed by atoms with Gasteiger partial charge in [-0.05, 0) is 25.3 Å². The second-order valence-corrected chi connectivity index (χ2v) is 5.38. The van der Waals surface area contributed by atoms with Crippen LogP contribution in [0.3, 0.4) is 0 Å². The molecule has 1 aromatic heterocycles. The Hall–Kier alpha value is -2.71. The van der Waals surface area contributed by atoms with Gasteiger partial charge in [0.05, 0.1) is 11.5 Å². The van der Waals surface area contributed by atoms with Crippen LogP contribution in [0.2, 0.25) is 0 Å². The van der Waals surface area contributed by atoms with E-state index in [2.05, 4.69) is 10.2 Å². The van der Waals surface area contributed by atoms with Gasteiger partial charge in [-0.2, -0.15) is 4.57 Å². The number of amides is 2. The molecule has 0 radical (unpaired) electrons. The highest BCUT2D eigenvalue weighted by molar-refractivity contribution is 5.93. The van der Waals surface area contributed by atoms with Crippen molar-refractivity contribution in [1.82, 2.24) is 10.2 Å². The Morgan fingerprint density at radius 3 is 2.83 bits per heavy atom. The Labute approximate surface area is 139 Å². The van der Waals surface area contributed by atoms with Gasteiger partial charge in [-0.25, -0.2) is 9.63 Å². The van der Waals surface area contributed by atoms with Gasteiger partial charge in [0.1, 0.15) is 5.56 Å². The van der Waals surface area contributed by atoms with Crippen molar-refractivity contribution in [2.24, 2.45) is 0 Å². The maximum atomic E-state index is 12.0. The Kier molecular flexibility index (Phi) is 6.93. The summed E-state index contributed by atoms with van der Waals surface area (Å²) in [5.41, 5.74) is 0.418. The number of nitrogens with zero attached hydrogens (tertiary/aromatic N) is 2. The highest BCUT2D eigenvalue weighted by Crippen LogP contribution is 2.09. The van der Waals surface area contributed by atoms with E-state index in [4.69, 9.17) is 4.74 Å².